The molecule has 1 fully saturated rings. The molecule has 3 rings (SSSR count). The topological polar surface area (TPSA) is 33.3 Å². The molecule has 2 N–H and O–H groups in total. The first-order valence-electron chi connectivity index (χ1n) is 8.44. The van der Waals surface area contributed by atoms with Gasteiger partial charge in [-0.05, 0) is 43.5 Å². The van der Waals surface area contributed by atoms with Crippen molar-refractivity contribution in [3.05, 3.63) is 65.2 Å². The third-order valence-corrected chi connectivity index (χ3v) is 4.73. The summed E-state index contributed by atoms with van der Waals surface area (Å²) in [6.45, 7) is 4.12. The fourth-order valence-corrected chi connectivity index (χ4v) is 3.46. The largest absolute Gasteiger partial charge is 0.496 e. The van der Waals surface area contributed by atoms with Gasteiger partial charge < -0.3 is 15.4 Å². The number of rotatable bonds is 5. The number of nitrogens with one attached hydrogen (secondary N) is 2. The molecule has 2 aromatic carbocycles. The lowest BCUT2D eigenvalue weighted by Gasteiger charge is -2.34. The molecule has 0 spiro atoms. The van der Waals surface area contributed by atoms with Crippen molar-refractivity contribution >= 4 is 0 Å². The van der Waals surface area contributed by atoms with Crippen LogP contribution in [0.15, 0.2) is 48.5 Å². The van der Waals surface area contributed by atoms with E-state index in [1.807, 2.05) is 12.1 Å². The van der Waals surface area contributed by atoms with E-state index in [0.29, 0.717) is 12.1 Å². The van der Waals surface area contributed by atoms with Gasteiger partial charge in [0.25, 0.3) is 0 Å². The maximum absolute atomic E-state index is 5.46. The van der Waals surface area contributed by atoms with E-state index >= 15 is 0 Å². The van der Waals surface area contributed by atoms with Gasteiger partial charge in [0.15, 0.2) is 0 Å². The molecular weight excluding hydrogens is 284 g/mol. The second kappa shape index (κ2) is 7.62. The summed E-state index contributed by atoms with van der Waals surface area (Å²) in [5.41, 5.74) is 3.98. The van der Waals surface area contributed by atoms with Crippen molar-refractivity contribution in [3.63, 3.8) is 0 Å². The molecule has 23 heavy (non-hydrogen) atoms. The molecule has 1 aliphatic rings. The van der Waals surface area contributed by atoms with Gasteiger partial charge in [0.05, 0.1) is 7.11 Å². The summed E-state index contributed by atoms with van der Waals surface area (Å²) in [7, 11) is 1.73. The number of hydrogen-bond donors (Lipinski definition) is 2. The first-order chi connectivity index (χ1) is 11.3. The Hall–Kier alpha value is -1.84. The highest BCUT2D eigenvalue weighted by molar-refractivity contribution is 5.34. The van der Waals surface area contributed by atoms with Gasteiger partial charge in [0.2, 0.25) is 0 Å². The number of hydrogen-bond acceptors (Lipinski definition) is 3. The fourth-order valence-electron chi connectivity index (χ4n) is 3.46. The minimum absolute atomic E-state index is 0.375. The van der Waals surface area contributed by atoms with Crippen molar-refractivity contribution in [1.82, 2.24) is 10.6 Å². The summed E-state index contributed by atoms with van der Waals surface area (Å²) in [5.74, 6) is 0.955. The highest BCUT2D eigenvalue weighted by Gasteiger charge is 2.26. The molecule has 0 saturated carbocycles. The van der Waals surface area contributed by atoms with Crippen LogP contribution in [0.25, 0.3) is 0 Å². The Labute approximate surface area is 139 Å². The molecule has 2 atom stereocenters. The zero-order valence-electron chi connectivity index (χ0n) is 14.0. The predicted octanol–water partition coefficient (Wildman–Crippen LogP) is 3.59. The number of piperidine rings is 1. The molecule has 1 heterocycles. The van der Waals surface area contributed by atoms with E-state index in [2.05, 4.69) is 54.0 Å². The van der Waals surface area contributed by atoms with E-state index in [-0.39, 0.29) is 0 Å². The van der Waals surface area contributed by atoms with E-state index in [1.165, 1.54) is 29.5 Å². The number of aryl methyl sites for hydroxylation is 1. The van der Waals surface area contributed by atoms with E-state index in [0.717, 1.165) is 18.8 Å². The molecule has 0 aromatic heterocycles. The Morgan fingerprint density at radius 2 is 1.91 bits per heavy atom. The van der Waals surface area contributed by atoms with Gasteiger partial charge in [0, 0.05) is 24.2 Å². The van der Waals surface area contributed by atoms with Crippen LogP contribution in [0.3, 0.4) is 0 Å². The van der Waals surface area contributed by atoms with Gasteiger partial charge in [0.1, 0.15) is 5.75 Å². The van der Waals surface area contributed by atoms with Gasteiger partial charge in [-0.25, -0.2) is 0 Å². The lowest BCUT2D eigenvalue weighted by atomic mass is 9.89. The van der Waals surface area contributed by atoms with Crippen LogP contribution >= 0.6 is 0 Å². The maximum atomic E-state index is 5.46. The lowest BCUT2D eigenvalue weighted by Crippen LogP contribution is -2.45. The van der Waals surface area contributed by atoms with Crippen molar-refractivity contribution in [2.24, 2.45) is 0 Å². The normalized spacial score (nSPS) is 21.1. The highest BCUT2D eigenvalue weighted by atomic mass is 16.5. The first-order valence-corrected chi connectivity index (χ1v) is 8.44. The van der Waals surface area contributed by atoms with E-state index in [9.17, 15) is 0 Å². The second-order valence-electron chi connectivity index (χ2n) is 6.23. The predicted molar refractivity (Wildman–Crippen MR) is 94.8 cm³/mol. The molecule has 3 nitrogen and oxygen atoms in total. The average Bonchev–Trinajstić information content (AvgIpc) is 2.61. The zero-order chi connectivity index (χ0) is 16.1. The third-order valence-electron chi connectivity index (χ3n) is 4.73. The average molecular weight is 310 g/mol. The molecule has 0 bridgehead atoms. The highest BCUT2D eigenvalue weighted by Crippen LogP contribution is 2.27. The Kier molecular flexibility index (Phi) is 5.31. The summed E-state index contributed by atoms with van der Waals surface area (Å²) in [6, 6.07) is 17.7. The van der Waals surface area contributed by atoms with Crippen LogP contribution in [0.1, 0.15) is 35.6 Å². The van der Waals surface area contributed by atoms with Crippen LogP contribution in [0.5, 0.6) is 5.75 Å². The molecule has 0 unspecified atom stereocenters. The van der Waals surface area contributed by atoms with Gasteiger partial charge in [-0.2, -0.15) is 0 Å². The van der Waals surface area contributed by atoms with Gasteiger partial charge in [-0.15, -0.1) is 0 Å². The molecule has 1 aliphatic heterocycles. The van der Waals surface area contributed by atoms with Crippen LogP contribution in [0, 0.1) is 6.92 Å². The van der Waals surface area contributed by atoms with Crippen molar-refractivity contribution in [2.75, 3.05) is 13.7 Å². The molecule has 3 heteroatoms. The molecule has 0 aliphatic carbocycles. The number of methoxy groups -OCH3 is 1. The quantitative estimate of drug-likeness (QED) is 0.885. The van der Waals surface area contributed by atoms with Gasteiger partial charge in [-0.3, -0.25) is 0 Å². The van der Waals surface area contributed by atoms with Crippen molar-refractivity contribution in [3.8, 4) is 5.75 Å². The van der Waals surface area contributed by atoms with E-state index in [1.54, 1.807) is 7.11 Å². The first kappa shape index (κ1) is 16.0. The van der Waals surface area contributed by atoms with Crippen molar-refractivity contribution < 1.29 is 4.74 Å². The number of para-hydroxylation sites is 1. The minimum Gasteiger partial charge on any atom is -0.496 e. The SMILES string of the molecule is COc1ccccc1CN[C@H]1CCCN[C@H]1c1ccccc1C. The summed E-state index contributed by atoms with van der Waals surface area (Å²) in [6.07, 6.45) is 2.41. The summed E-state index contributed by atoms with van der Waals surface area (Å²) < 4.78 is 5.46. The van der Waals surface area contributed by atoms with E-state index in [4.69, 9.17) is 4.74 Å². The zero-order valence-corrected chi connectivity index (χ0v) is 14.0. The third kappa shape index (κ3) is 3.74. The molecule has 122 valence electrons. The molecule has 2 aromatic rings. The second-order valence-corrected chi connectivity index (χ2v) is 6.23. The molecule has 1 saturated heterocycles. The van der Waals surface area contributed by atoms with E-state index < -0.39 is 0 Å². The molecule has 0 radical (unpaired) electrons. The molecule has 0 amide bonds. The fraction of sp³-hybridized carbons (Fsp3) is 0.400. The number of benzene rings is 2. The van der Waals surface area contributed by atoms with Crippen LogP contribution in [0.2, 0.25) is 0 Å². The van der Waals surface area contributed by atoms with Gasteiger partial charge in [-0.1, -0.05) is 42.5 Å². The summed E-state index contributed by atoms with van der Waals surface area (Å²) in [5, 5.41) is 7.44. The summed E-state index contributed by atoms with van der Waals surface area (Å²) in [4.78, 5) is 0. The van der Waals surface area contributed by atoms with Crippen molar-refractivity contribution in [1.29, 1.82) is 0 Å². The molecular formula is C20H26N2O. The lowest BCUT2D eigenvalue weighted by molar-refractivity contribution is 0.302. The Morgan fingerprint density at radius 1 is 1.13 bits per heavy atom. The smallest absolute Gasteiger partial charge is 0.123 e. The Morgan fingerprint density at radius 3 is 2.74 bits per heavy atom. The Balaban J connectivity index is 1.73. The van der Waals surface area contributed by atoms with Crippen LogP contribution in [-0.2, 0) is 6.54 Å². The van der Waals surface area contributed by atoms with Crippen LogP contribution in [-0.4, -0.2) is 19.7 Å². The van der Waals surface area contributed by atoms with Gasteiger partial charge >= 0.3 is 0 Å². The van der Waals surface area contributed by atoms with Crippen molar-refractivity contribution in [2.45, 2.75) is 38.4 Å². The minimum atomic E-state index is 0.375. The van der Waals surface area contributed by atoms with Crippen LogP contribution in [0.4, 0.5) is 0 Å². The summed E-state index contributed by atoms with van der Waals surface area (Å²) >= 11 is 0. The monoisotopic (exact) mass is 310 g/mol. The van der Waals surface area contributed by atoms with Crippen LogP contribution < -0.4 is 15.4 Å². The Bertz CT molecular complexity index is 641. The maximum Gasteiger partial charge on any atom is 0.123 e. The number of ether oxygens (including phenoxy) is 1. The standard InChI is InChI=1S/C20H26N2O/c1-15-8-3-5-10-17(15)20-18(11-7-13-21-20)22-14-16-9-4-6-12-19(16)23-2/h3-6,8-10,12,18,20-22H,7,11,13-14H2,1-2H3/t18-,20-/m0/s1.